The smallest absolute Gasteiger partial charge is 0.331 e. The second kappa shape index (κ2) is 7.51. The van der Waals surface area contributed by atoms with Gasteiger partial charge < -0.3 is 4.74 Å². The fourth-order valence-corrected chi connectivity index (χ4v) is 1.95. The summed E-state index contributed by atoms with van der Waals surface area (Å²) in [4.78, 5) is 21.8. The number of carbonyl (C=O) groups excluding carboxylic acids is 1. The number of nitro benzene ring substituents is 1. The van der Waals surface area contributed by atoms with Crippen molar-refractivity contribution in [3.8, 4) is 0 Å². The number of ether oxygens (including phenoxy) is 1. The minimum absolute atomic E-state index is 0.0147. The molecule has 0 saturated heterocycles. The molecule has 0 spiro atoms. The SMILES string of the molecule is O=C(/C=C/c1ccc(Cl)c([N+](=O)[O-])c1)OCc1cccc(F)c1. The maximum atomic E-state index is 13.0. The van der Waals surface area contributed by atoms with Crippen LogP contribution >= 0.6 is 11.6 Å². The molecule has 0 aliphatic rings. The van der Waals surface area contributed by atoms with E-state index in [-0.39, 0.29) is 17.3 Å². The molecule has 2 rings (SSSR count). The molecule has 0 amide bonds. The van der Waals surface area contributed by atoms with Gasteiger partial charge in [0.05, 0.1) is 4.92 Å². The van der Waals surface area contributed by atoms with E-state index in [0.29, 0.717) is 11.1 Å². The molecule has 0 N–H and O–H groups in total. The number of hydrogen-bond acceptors (Lipinski definition) is 4. The third-order valence-corrected chi connectivity index (χ3v) is 3.17. The zero-order valence-electron chi connectivity index (χ0n) is 11.7. The third kappa shape index (κ3) is 4.89. The molecule has 0 aliphatic carbocycles. The molecule has 0 heterocycles. The van der Waals surface area contributed by atoms with Crippen molar-refractivity contribution in [3.63, 3.8) is 0 Å². The molecule has 0 aliphatic heterocycles. The lowest BCUT2D eigenvalue weighted by atomic mass is 10.2. The highest BCUT2D eigenvalue weighted by Gasteiger charge is 2.11. The lowest BCUT2D eigenvalue weighted by Gasteiger charge is -2.02. The number of carbonyl (C=O) groups is 1. The maximum absolute atomic E-state index is 13.0. The van der Waals surface area contributed by atoms with Crippen LogP contribution in [0, 0.1) is 15.9 Å². The van der Waals surface area contributed by atoms with Gasteiger partial charge in [-0.2, -0.15) is 0 Å². The number of rotatable bonds is 5. The molecule has 0 fully saturated rings. The zero-order chi connectivity index (χ0) is 16.8. The van der Waals surface area contributed by atoms with Gasteiger partial charge in [0.15, 0.2) is 0 Å². The largest absolute Gasteiger partial charge is 0.458 e. The Kier molecular flexibility index (Phi) is 5.43. The number of hydrogen-bond donors (Lipinski definition) is 0. The monoisotopic (exact) mass is 335 g/mol. The molecule has 0 aromatic heterocycles. The topological polar surface area (TPSA) is 69.4 Å². The normalized spacial score (nSPS) is 10.7. The molecule has 2 aromatic rings. The lowest BCUT2D eigenvalue weighted by Crippen LogP contribution is -2.01. The first-order valence-electron chi connectivity index (χ1n) is 6.49. The van der Waals surface area contributed by atoms with Crippen LogP contribution in [0.3, 0.4) is 0 Å². The molecule has 2 aromatic carbocycles. The first kappa shape index (κ1) is 16.6. The molecular formula is C16H11ClFNO4. The molecule has 0 atom stereocenters. The van der Waals surface area contributed by atoms with E-state index in [1.54, 1.807) is 6.07 Å². The van der Waals surface area contributed by atoms with Crippen LogP contribution in [0.2, 0.25) is 5.02 Å². The van der Waals surface area contributed by atoms with Gasteiger partial charge in [-0.15, -0.1) is 0 Å². The summed E-state index contributed by atoms with van der Waals surface area (Å²) in [5.41, 5.74) is 0.708. The van der Waals surface area contributed by atoms with E-state index in [0.717, 1.165) is 6.08 Å². The van der Waals surface area contributed by atoms with E-state index in [2.05, 4.69) is 0 Å². The first-order chi connectivity index (χ1) is 11.0. The van der Waals surface area contributed by atoms with Crippen molar-refractivity contribution >= 4 is 29.3 Å². The van der Waals surface area contributed by atoms with Gasteiger partial charge in [0.1, 0.15) is 17.4 Å². The van der Waals surface area contributed by atoms with Gasteiger partial charge in [-0.05, 0) is 35.4 Å². The van der Waals surface area contributed by atoms with Crippen LogP contribution in [0.1, 0.15) is 11.1 Å². The Morgan fingerprint density at radius 2 is 2.09 bits per heavy atom. The molecule has 118 valence electrons. The van der Waals surface area contributed by atoms with Crippen LogP contribution in [0.4, 0.5) is 10.1 Å². The summed E-state index contributed by atoms with van der Waals surface area (Å²) >= 11 is 5.70. The number of nitro groups is 1. The van der Waals surface area contributed by atoms with Gasteiger partial charge in [0, 0.05) is 12.1 Å². The molecule has 0 bridgehead atoms. The van der Waals surface area contributed by atoms with E-state index >= 15 is 0 Å². The van der Waals surface area contributed by atoms with Gasteiger partial charge in [-0.3, -0.25) is 10.1 Å². The van der Waals surface area contributed by atoms with Gasteiger partial charge in [0.25, 0.3) is 5.69 Å². The number of benzene rings is 2. The summed E-state index contributed by atoms with van der Waals surface area (Å²) < 4.78 is 17.9. The Morgan fingerprint density at radius 1 is 1.30 bits per heavy atom. The highest BCUT2D eigenvalue weighted by Crippen LogP contribution is 2.25. The van der Waals surface area contributed by atoms with Crippen molar-refractivity contribution in [2.24, 2.45) is 0 Å². The van der Waals surface area contributed by atoms with Crippen molar-refractivity contribution in [1.82, 2.24) is 0 Å². The first-order valence-corrected chi connectivity index (χ1v) is 6.87. The second-order valence-electron chi connectivity index (χ2n) is 4.54. The number of esters is 1. The quantitative estimate of drug-likeness (QED) is 0.356. The highest BCUT2D eigenvalue weighted by molar-refractivity contribution is 6.32. The minimum Gasteiger partial charge on any atom is -0.458 e. The Morgan fingerprint density at radius 3 is 2.78 bits per heavy atom. The van der Waals surface area contributed by atoms with Crippen molar-refractivity contribution < 1.29 is 18.8 Å². The van der Waals surface area contributed by atoms with E-state index in [9.17, 15) is 19.3 Å². The Labute approximate surface area is 136 Å². The summed E-state index contributed by atoms with van der Waals surface area (Å²) in [7, 11) is 0. The number of nitrogens with zero attached hydrogens (tertiary/aromatic N) is 1. The van der Waals surface area contributed by atoms with Crippen molar-refractivity contribution in [3.05, 3.63) is 80.6 Å². The molecule has 5 nitrogen and oxygen atoms in total. The average Bonchev–Trinajstić information content (AvgIpc) is 2.52. The van der Waals surface area contributed by atoms with Crippen molar-refractivity contribution in [1.29, 1.82) is 0 Å². The van der Waals surface area contributed by atoms with Crippen LogP contribution in [0.5, 0.6) is 0 Å². The van der Waals surface area contributed by atoms with E-state index in [1.807, 2.05) is 0 Å². The Hall–Kier alpha value is -2.73. The summed E-state index contributed by atoms with van der Waals surface area (Å²) in [5.74, 6) is -1.06. The van der Waals surface area contributed by atoms with Gasteiger partial charge >= 0.3 is 5.97 Å². The summed E-state index contributed by atoms with van der Waals surface area (Å²) in [5, 5.41) is 10.8. The zero-order valence-corrected chi connectivity index (χ0v) is 12.5. The highest BCUT2D eigenvalue weighted by atomic mass is 35.5. The predicted octanol–water partition coefficient (Wildman–Crippen LogP) is 4.14. The van der Waals surface area contributed by atoms with Crippen molar-refractivity contribution in [2.75, 3.05) is 0 Å². The van der Waals surface area contributed by atoms with Crippen LogP contribution in [0.25, 0.3) is 6.08 Å². The molecular weight excluding hydrogens is 325 g/mol. The van der Waals surface area contributed by atoms with E-state index in [1.165, 1.54) is 42.5 Å². The van der Waals surface area contributed by atoms with Crippen LogP contribution < -0.4 is 0 Å². The average molecular weight is 336 g/mol. The van der Waals surface area contributed by atoms with E-state index < -0.39 is 16.7 Å². The van der Waals surface area contributed by atoms with Crippen molar-refractivity contribution in [2.45, 2.75) is 6.61 Å². The maximum Gasteiger partial charge on any atom is 0.331 e. The Bertz CT molecular complexity index is 776. The number of halogens is 2. The van der Waals surface area contributed by atoms with Gasteiger partial charge in [-0.1, -0.05) is 29.8 Å². The van der Waals surface area contributed by atoms with Crippen LogP contribution in [-0.2, 0) is 16.1 Å². The fourth-order valence-electron chi connectivity index (χ4n) is 1.77. The van der Waals surface area contributed by atoms with Crippen LogP contribution in [0.15, 0.2) is 48.5 Å². The standard InChI is InChI=1S/C16H11ClFNO4/c17-14-6-4-11(9-15(14)19(21)22)5-7-16(20)23-10-12-2-1-3-13(18)8-12/h1-9H,10H2/b7-5+. The lowest BCUT2D eigenvalue weighted by molar-refractivity contribution is -0.384. The van der Waals surface area contributed by atoms with E-state index in [4.69, 9.17) is 16.3 Å². The fraction of sp³-hybridized carbons (Fsp3) is 0.0625. The molecule has 0 radical (unpaired) electrons. The molecule has 23 heavy (non-hydrogen) atoms. The molecule has 0 saturated carbocycles. The predicted molar refractivity (Wildman–Crippen MR) is 83.3 cm³/mol. The molecule has 7 heteroatoms. The summed E-state index contributed by atoms with van der Waals surface area (Å²) in [6.45, 7) is -0.0678. The second-order valence-corrected chi connectivity index (χ2v) is 4.95. The summed E-state index contributed by atoms with van der Waals surface area (Å²) in [6.07, 6.45) is 2.50. The molecule has 0 unspecified atom stereocenters. The minimum atomic E-state index is -0.646. The van der Waals surface area contributed by atoms with Gasteiger partial charge in [-0.25, -0.2) is 9.18 Å². The Balaban J connectivity index is 1.98. The third-order valence-electron chi connectivity index (χ3n) is 2.85. The summed E-state index contributed by atoms with van der Waals surface area (Å²) in [6, 6.07) is 9.85. The van der Waals surface area contributed by atoms with Crippen LogP contribution in [-0.4, -0.2) is 10.9 Å². The van der Waals surface area contributed by atoms with Gasteiger partial charge in [0.2, 0.25) is 0 Å².